The first kappa shape index (κ1) is 20.3. The maximum absolute atomic E-state index is 12.9. The van der Waals surface area contributed by atoms with Gasteiger partial charge in [0, 0.05) is 30.7 Å². The number of imidazole rings is 1. The van der Waals surface area contributed by atoms with Crippen LogP contribution in [0.5, 0.6) is 0 Å². The maximum atomic E-state index is 12.9. The SMILES string of the molecule is CCOCCCn1c(NC(=O)c2csc(-c3ccccc3C)n2)nc2ccccc21. The normalized spacial score (nSPS) is 11.1. The van der Waals surface area contributed by atoms with Crippen LogP contribution in [-0.2, 0) is 11.3 Å². The summed E-state index contributed by atoms with van der Waals surface area (Å²) in [5, 5.41) is 5.58. The van der Waals surface area contributed by atoms with Crippen molar-refractivity contribution in [3.05, 3.63) is 65.2 Å². The predicted molar refractivity (Wildman–Crippen MR) is 121 cm³/mol. The van der Waals surface area contributed by atoms with Gasteiger partial charge in [-0.2, -0.15) is 0 Å². The van der Waals surface area contributed by atoms with Crippen LogP contribution in [0.1, 0.15) is 29.4 Å². The molecule has 4 aromatic rings. The summed E-state index contributed by atoms with van der Waals surface area (Å²) >= 11 is 1.47. The molecule has 6 nitrogen and oxygen atoms in total. The summed E-state index contributed by atoms with van der Waals surface area (Å²) in [7, 11) is 0. The van der Waals surface area contributed by atoms with Crippen molar-refractivity contribution in [2.24, 2.45) is 0 Å². The first-order valence-electron chi connectivity index (χ1n) is 10.0. The summed E-state index contributed by atoms with van der Waals surface area (Å²) < 4.78 is 7.49. The van der Waals surface area contributed by atoms with Crippen molar-refractivity contribution in [1.29, 1.82) is 0 Å². The van der Waals surface area contributed by atoms with Gasteiger partial charge in [0.2, 0.25) is 5.95 Å². The fourth-order valence-electron chi connectivity index (χ4n) is 3.35. The molecule has 0 saturated heterocycles. The lowest BCUT2D eigenvalue weighted by atomic mass is 10.1. The third-order valence-electron chi connectivity index (χ3n) is 4.87. The van der Waals surface area contributed by atoms with E-state index in [-0.39, 0.29) is 5.91 Å². The van der Waals surface area contributed by atoms with Gasteiger partial charge in [-0.25, -0.2) is 9.97 Å². The van der Waals surface area contributed by atoms with Gasteiger partial charge in [0.15, 0.2) is 0 Å². The highest BCUT2D eigenvalue weighted by molar-refractivity contribution is 7.13. The summed E-state index contributed by atoms with van der Waals surface area (Å²) in [4.78, 5) is 22.1. The van der Waals surface area contributed by atoms with E-state index in [1.54, 1.807) is 5.38 Å². The van der Waals surface area contributed by atoms with Gasteiger partial charge >= 0.3 is 0 Å². The minimum absolute atomic E-state index is 0.257. The molecule has 0 saturated carbocycles. The topological polar surface area (TPSA) is 69.0 Å². The Morgan fingerprint density at radius 3 is 2.77 bits per heavy atom. The second kappa shape index (κ2) is 9.19. The van der Waals surface area contributed by atoms with E-state index >= 15 is 0 Å². The second-order valence-corrected chi connectivity index (χ2v) is 7.79. The zero-order chi connectivity index (χ0) is 20.9. The van der Waals surface area contributed by atoms with Crippen LogP contribution in [0, 0.1) is 6.92 Å². The highest BCUT2D eigenvalue weighted by Gasteiger charge is 2.17. The van der Waals surface area contributed by atoms with E-state index in [9.17, 15) is 4.79 Å². The van der Waals surface area contributed by atoms with Gasteiger partial charge in [-0.1, -0.05) is 36.4 Å². The first-order valence-corrected chi connectivity index (χ1v) is 10.9. The number of nitrogens with zero attached hydrogens (tertiary/aromatic N) is 3. The summed E-state index contributed by atoms with van der Waals surface area (Å²) in [6, 6.07) is 15.9. The lowest BCUT2D eigenvalue weighted by Crippen LogP contribution is -2.17. The molecule has 154 valence electrons. The fraction of sp³-hybridized carbons (Fsp3) is 0.261. The van der Waals surface area contributed by atoms with E-state index in [1.165, 1.54) is 11.3 Å². The highest BCUT2D eigenvalue weighted by Crippen LogP contribution is 2.27. The molecular weight excluding hydrogens is 396 g/mol. The summed E-state index contributed by atoms with van der Waals surface area (Å²) in [5.74, 6) is 0.274. The van der Waals surface area contributed by atoms with E-state index in [0.717, 1.165) is 33.6 Å². The average Bonchev–Trinajstić information content (AvgIpc) is 3.37. The van der Waals surface area contributed by atoms with Crippen LogP contribution in [0.25, 0.3) is 21.6 Å². The van der Waals surface area contributed by atoms with Gasteiger partial charge in [-0.05, 0) is 38.0 Å². The molecule has 2 heterocycles. The quantitative estimate of drug-likeness (QED) is 0.400. The van der Waals surface area contributed by atoms with E-state index in [2.05, 4.69) is 15.3 Å². The van der Waals surface area contributed by atoms with Gasteiger partial charge in [0.1, 0.15) is 10.7 Å². The van der Waals surface area contributed by atoms with Gasteiger partial charge < -0.3 is 9.30 Å². The summed E-state index contributed by atoms with van der Waals surface area (Å²) in [5.41, 5.74) is 4.41. The molecule has 4 rings (SSSR count). The van der Waals surface area contributed by atoms with Crippen molar-refractivity contribution in [3.8, 4) is 10.6 Å². The Bertz CT molecular complexity index is 1160. The predicted octanol–water partition coefficient (Wildman–Crippen LogP) is 5.15. The number of nitrogens with one attached hydrogen (secondary N) is 1. The molecule has 2 aromatic heterocycles. The average molecular weight is 421 g/mol. The number of benzene rings is 2. The van der Waals surface area contributed by atoms with Crippen molar-refractivity contribution >= 4 is 34.2 Å². The number of amides is 1. The second-order valence-electron chi connectivity index (χ2n) is 6.93. The molecule has 1 amide bonds. The number of anilines is 1. The number of fused-ring (bicyclic) bond motifs is 1. The van der Waals surface area contributed by atoms with Crippen LogP contribution < -0.4 is 5.32 Å². The van der Waals surface area contributed by atoms with Crippen LogP contribution in [0.4, 0.5) is 5.95 Å². The van der Waals surface area contributed by atoms with E-state index in [1.807, 2.05) is 66.9 Å². The zero-order valence-electron chi connectivity index (χ0n) is 17.1. The standard InChI is InChI=1S/C23H24N4O2S/c1-3-29-14-8-13-27-20-12-7-6-11-18(20)25-23(27)26-21(28)19-15-30-22(24-19)17-10-5-4-9-16(17)2/h4-7,9-12,15H,3,8,13-14H2,1-2H3,(H,25,26,28). The number of thiazole rings is 1. The minimum Gasteiger partial charge on any atom is -0.382 e. The Morgan fingerprint density at radius 2 is 1.93 bits per heavy atom. The Hall–Kier alpha value is -3.03. The molecule has 30 heavy (non-hydrogen) atoms. The molecule has 0 atom stereocenters. The van der Waals surface area contributed by atoms with E-state index in [0.29, 0.717) is 31.4 Å². The third-order valence-corrected chi connectivity index (χ3v) is 5.74. The smallest absolute Gasteiger partial charge is 0.277 e. The van der Waals surface area contributed by atoms with Crippen LogP contribution in [0.15, 0.2) is 53.9 Å². The molecule has 0 aliphatic rings. The number of ether oxygens (including phenoxy) is 1. The fourth-order valence-corrected chi connectivity index (χ4v) is 4.24. The lowest BCUT2D eigenvalue weighted by Gasteiger charge is -2.09. The Balaban J connectivity index is 1.56. The molecule has 7 heteroatoms. The molecular formula is C23H24N4O2S. The molecule has 0 fully saturated rings. The first-order chi connectivity index (χ1) is 14.7. The third kappa shape index (κ3) is 4.27. The lowest BCUT2D eigenvalue weighted by molar-refractivity contribution is 0.102. The number of rotatable bonds is 8. The molecule has 0 spiro atoms. The molecule has 0 radical (unpaired) electrons. The Morgan fingerprint density at radius 1 is 1.13 bits per heavy atom. The zero-order valence-corrected chi connectivity index (χ0v) is 17.9. The Labute approximate surface area is 179 Å². The Kier molecular flexibility index (Phi) is 6.21. The number of aryl methyl sites for hydroxylation is 2. The molecule has 0 aliphatic heterocycles. The molecule has 2 aromatic carbocycles. The van der Waals surface area contributed by atoms with Gasteiger partial charge in [-0.15, -0.1) is 11.3 Å². The van der Waals surface area contributed by atoms with Gasteiger partial charge in [0.25, 0.3) is 5.91 Å². The van der Waals surface area contributed by atoms with Gasteiger partial charge in [0.05, 0.1) is 11.0 Å². The number of hydrogen-bond acceptors (Lipinski definition) is 5. The van der Waals surface area contributed by atoms with Crippen molar-refractivity contribution in [2.75, 3.05) is 18.5 Å². The minimum atomic E-state index is -0.257. The van der Waals surface area contributed by atoms with Crippen LogP contribution in [0.2, 0.25) is 0 Å². The van der Waals surface area contributed by atoms with Crippen LogP contribution >= 0.6 is 11.3 Å². The molecule has 0 aliphatic carbocycles. The highest BCUT2D eigenvalue weighted by atomic mass is 32.1. The molecule has 0 unspecified atom stereocenters. The number of hydrogen-bond donors (Lipinski definition) is 1. The van der Waals surface area contributed by atoms with Crippen LogP contribution in [-0.4, -0.2) is 33.7 Å². The van der Waals surface area contributed by atoms with Crippen LogP contribution in [0.3, 0.4) is 0 Å². The maximum Gasteiger partial charge on any atom is 0.277 e. The van der Waals surface area contributed by atoms with Crippen molar-refractivity contribution in [3.63, 3.8) is 0 Å². The van der Waals surface area contributed by atoms with Crippen molar-refractivity contribution < 1.29 is 9.53 Å². The molecule has 1 N–H and O–H groups in total. The summed E-state index contributed by atoms with van der Waals surface area (Å²) in [6.07, 6.45) is 0.838. The number of para-hydroxylation sites is 2. The number of carbonyl (C=O) groups excluding carboxylic acids is 1. The summed E-state index contributed by atoms with van der Waals surface area (Å²) in [6.45, 7) is 6.10. The number of aromatic nitrogens is 3. The van der Waals surface area contributed by atoms with Gasteiger partial charge in [-0.3, -0.25) is 10.1 Å². The number of carbonyl (C=O) groups is 1. The largest absolute Gasteiger partial charge is 0.382 e. The van der Waals surface area contributed by atoms with E-state index in [4.69, 9.17) is 4.74 Å². The monoisotopic (exact) mass is 420 g/mol. The molecule has 0 bridgehead atoms. The van der Waals surface area contributed by atoms with Crippen molar-refractivity contribution in [2.45, 2.75) is 26.8 Å². The van der Waals surface area contributed by atoms with E-state index < -0.39 is 0 Å². The van der Waals surface area contributed by atoms with Crippen molar-refractivity contribution in [1.82, 2.24) is 14.5 Å².